The van der Waals surface area contributed by atoms with Gasteiger partial charge in [-0.1, -0.05) is 12.1 Å². The summed E-state index contributed by atoms with van der Waals surface area (Å²) in [5, 5.41) is 0. The van der Waals surface area contributed by atoms with Crippen molar-refractivity contribution in [1.82, 2.24) is 9.55 Å². The van der Waals surface area contributed by atoms with E-state index in [1.165, 1.54) is 0 Å². The van der Waals surface area contributed by atoms with E-state index < -0.39 is 0 Å². The van der Waals surface area contributed by atoms with Crippen LogP contribution in [0.3, 0.4) is 0 Å². The van der Waals surface area contributed by atoms with E-state index in [1.54, 1.807) is 4.90 Å². The number of fused-ring (bicyclic) bond motifs is 3. The largest absolute Gasteiger partial charge is 0.330 e. The minimum Gasteiger partial charge on any atom is -0.330 e. The summed E-state index contributed by atoms with van der Waals surface area (Å²) in [4.78, 5) is 18.4. The van der Waals surface area contributed by atoms with Gasteiger partial charge < -0.3 is 10.3 Å². The van der Waals surface area contributed by atoms with E-state index in [-0.39, 0.29) is 5.91 Å². The summed E-state index contributed by atoms with van der Waals surface area (Å²) in [6.07, 6.45) is 1.23. The van der Waals surface area contributed by atoms with Crippen LogP contribution in [-0.2, 0) is 11.3 Å². The number of benzene rings is 1. The molecule has 2 aromatic rings. The molecule has 5 heteroatoms. The first-order valence-electron chi connectivity index (χ1n) is 6.27. The topological polar surface area (TPSA) is 64.2 Å². The Kier molecular flexibility index (Phi) is 2.76. The third kappa shape index (κ3) is 1.67. The molecule has 1 amide bonds. The molecule has 0 saturated heterocycles. The van der Waals surface area contributed by atoms with E-state index in [0.717, 1.165) is 36.5 Å². The monoisotopic (exact) mass is 244 g/mol. The molecule has 5 nitrogen and oxygen atoms in total. The second-order valence-electron chi connectivity index (χ2n) is 4.49. The highest BCUT2D eigenvalue weighted by molar-refractivity contribution is 5.94. The van der Waals surface area contributed by atoms with Gasteiger partial charge >= 0.3 is 0 Å². The molecule has 0 saturated carbocycles. The van der Waals surface area contributed by atoms with Crippen molar-refractivity contribution in [3.63, 3.8) is 0 Å². The van der Waals surface area contributed by atoms with Gasteiger partial charge in [0.25, 0.3) is 0 Å². The zero-order valence-corrected chi connectivity index (χ0v) is 10.2. The number of rotatable bonds is 3. The minimum absolute atomic E-state index is 0.120. The van der Waals surface area contributed by atoms with Crippen LogP contribution < -0.4 is 10.6 Å². The second-order valence-corrected chi connectivity index (χ2v) is 4.49. The average Bonchev–Trinajstić information content (AvgIpc) is 2.94. The number of imidazole rings is 1. The molecule has 0 fully saturated rings. The number of nitrogens with two attached hydrogens (primary N) is 1. The molecule has 0 bridgehead atoms. The Bertz CT molecular complexity index is 590. The number of anilines is 1. The van der Waals surface area contributed by atoms with Gasteiger partial charge in [-0.15, -0.1) is 0 Å². The van der Waals surface area contributed by atoms with Crippen LogP contribution in [0.25, 0.3) is 11.0 Å². The lowest BCUT2D eigenvalue weighted by atomic mass is 10.3. The second kappa shape index (κ2) is 4.42. The number of hydrogen-bond donors (Lipinski definition) is 1. The maximum absolute atomic E-state index is 12.1. The maximum atomic E-state index is 12.1. The molecule has 18 heavy (non-hydrogen) atoms. The first-order chi connectivity index (χ1) is 8.81. The molecule has 0 radical (unpaired) electrons. The Morgan fingerprint density at radius 1 is 1.33 bits per heavy atom. The van der Waals surface area contributed by atoms with E-state index >= 15 is 0 Å². The number of hydrogen-bond acceptors (Lipinski definition) is 3. The van der Waals surface area contributed by atoms with Gasteiger partial charge in [-0.05, 0) is 25.1 Å². The fourth-order valence-electron chi connectivity index (χ4n) is 2.41. The zero-order chi connectivity index (χ0) is 12.5. The molecule has 94 valence electrons. The minimum atomic E-state index is 0.120. The number of carbonyl (C=O) groups is 1. The van der Waals surface area contributed by atoms with Crippen molar-refractivity contribution in [1.29, 1.82) is 0 Å². The van der Waals surface area contributed by atoms with E-state index in [4.69, 9.17) is 5.73 Å². The molecule has 1 aromatic heterocycles. The molecule has 0 aliphatic carbocycles. The van der Waals surface area contributed by atoms with Crippen LogP contribution in [0.2, 0.25) is 0 Å². The summed E-state index contributed by atoms with van der Waals surface area (Å²) in [5.41, 5.74) is 7.49. The van der Waals surface area contributed by atoms with Crippen molar-refractivity contribution >= 4 is 22.9 Å². The molecule has 1 aliphatic rings. The van der Waals surface area contributed by atoms with Crippen LogP contribution in [0.4, 0.5) is 5.95 Å². The van der Waals surface area contributed by atoms with Gasteiger partial charge in [0.15, 0.2) is 0 Å². The van der Waals surface area contributed by atoms with Crippen molar-refractivity contribution < 1.29 is 4.79 Å². The van der Waals surface area contributed by atoms with Crippen LogP contribution in [0.1, 0.15) is 12.8 Å². The quantitative estimate of drug-likeness (QED) is 0.880. The van der Waals surface area contributed by atoms with E-state index in [2.05, 4.69) is 9.55 Å². The summed E-state index contributed by atoms with van der Waals surface area (Å²) >= 11 is 0. The Hall–Kier alpha value is -1.88. The highest BCUT2D eigenvalue weighted by Crippen LogP contribution is 2.27. The lowest BCUT2D eigenvalue weighted by Gasteiger charge is -2.13. The maximum Gasteiger partial charge on any atom is 0.229 e. The lowest BCUT2D eigenvalue weighted by molar-refractivity contribution is -0.118. The number of amides is 1. The zero-order valence-electron chi connectivity index (χ0n) is 10.2. The van der Waals surface area contributed by atoms with Gasteiger partial charge in [0, 0.05) is 19.5 Å². The molecular formula is C13H16N4O. The fraction of sp³-hybridized carbons (Fsp3) is 0.385. The van der Waals surface area contributed by atoms with Crippen molar-refractivity contribution in [3.8, 4) is 0 Å². The van der Waals surface area contributed by atoms with Gasteiger partial charge in [0.2, 0.25) is 11.9 Å². The summed E-state index contributed by atoms with van der Waals surface area (Å²) in [6.45, 7) is 2.09. The van der Waals surface area contributed by atoms with Gasteiger partial charge in [-0.2, -0.15) is 0 Å². The van der Waals surface area contributed by atoms with E-state index in [9.17, 15) is 4.79 Å². The predicted octanol–water partition coefficient (Wildman–Crippen LogP) is 1.12. The molecule has 2 N–H and O–H groups in total. The molecule has 1 aromatic carbocycles. The predicted molar refractivity (Wildman–Crippen MR) is 70.4 cm³/mol. The van der Waals surface area contributed by atoms with E-state index in [0.29, 0.717) is 13.0 Å². The van der Waals surface area contributed by atoms with Crippen LogP contribution in [0, 0.1) is 0 Å². The summed E-state index contributed by atoms with van der Waals surface area (Å²) in [7, 11) is 0. The standard InChI is InChI=1S/C13H16N4O/c14-7-3-6-12(18)17-9-8-16-11-5-2-1-4-10(11)15-13(16)17/h1-2,4-5H,3,6-9,14H2. The molecule has 1 aliphatic heterocycles. The number of aromatic nitrogens is 2. The van der Waals surface area contributed by atoms with Crippen molar-refractivity contribution in [2.45, 2.75) is 19.4 Å². The van der Waals surface area contributed by atoms with Crippen molar-refractivity contribution in [2.75, 3.05) is 18.0 Å². The van der Waals surface area contributed by atoms with Crippen molar-refractivity contribution in [2.24, 2.45) is 5.73 Å². The molecule has 0 spiro atoms. The van der Waals surface area contributed by atoms with Crippen LogP contribution in [-0.4, -0.2) is 28.5 Å². The molecule has 0 atom stereocenters. The number of para-hydroxylation sites is 2. The van der Waals surface area contributed by atoms with Gasteiger partial charge in [0.05, 0.1) is 11.0 Å². The molecular weight excluding hydrogens is 228 g/mol. The Morgan fingerprint density at radius 3 is 3.00 bits per heavy atom. The smallest absolute Gasteiger partial charge is 0.229 e. The summed E-state index contributed by atoms with van der Waals surface area (Å²) < 4.78 is 2.11. The third-order valence-electron chi connectivity index (χ3n) is 3.32. The first-order valence-corrected chi connectivity index (χ1v) is 6.27. The summed E-state index contributed by atoms with van der Waals surface area (Å²) in [5.74, 6) is 0.896. The van der Waals surface area contributed by atoms with Gasteiger partial charge in [-0.3, -0.25) is 9.69 Å². The average molecular weight is 244 g/mol. The molecule has 0 unspecified atom stereocenters. The number of nitrogens with zero attached hydrogens (tertiary/aromatic N) is 3. The molecule has 2 heterocycles. The van der Waals surface area contributed by atoms with Crippen LogP contribution >= 0.6 is 0 Å². The third-order valence-corrected chi connectivity index (χ3v) is 3.32. The first kappa shape index (κ1) is 11.2. The Balaban J connectivity index is 1.94. The van der Waals surface area contributed by atoms with Crippen LogP contribution in [0.5, 0.6) is 0 Å². The van der Waals surface area contributed by atoms with Gasteiger partial charge in [-0.25, -0.2) is 4.98 Å². The molecule has 3 rings (SSSR count). The number of carbonyl (C=O) groups excluding carboxylic acids is 1. The Labute approximate surface area is 105 Å². The fourth-order valence-corrected chi connectivity index (χ4v) is 2.41. The SMILES string of the molecule is NCCCC(=O)N1CCn2c1nc1ccccc12. The van der Waals surface area contributed by atoms with Crippen molar-refractivity contribution in [3.05, 3.63) is 24.3 Å². The summed E-state index contributed by atoms with van der Waals surface area (Å²) in [6, 6.07) is 7.98. The van der Waals surface area contributed by atoms with Gasteiger partial charge in [0.1, 0.15) is 0 Å². The highest BCUT2D eigenvalue weighted by Gasteiger charge is 2.27. The van der Waals surface area contributed by atoms with E-state index in [1.807, 2.05) is 24.3 Å². The van der Waals surface area contributed by atoms with Crippen LogP contribution in [0.15, 0.2) is 24.3 Å². The normalized spacial score (nSPS) is 14.2. The Morgan fingerprint density at radius 2 is 2.17 bits per heavy atom. The highest BCUT2D eigenvalue weighted by atomic mass is 16.2. The lowest BCUT2D eigenvalue weighted by Crippen LogP contribution is -2.29.